The minimum atomic E-state index is -1.18. The molecule has 0 bridgehead atoms. The topological polar surface area (TPSA) is 52.6 Å². The minimum Gasteiger partial charge on any atom is -0.471 e. The lowest BCUT2D eigenvalue weighted by Crippen LogP contribution is -2.35. The molecule has 0 amide bonds. The average molecular weight is 222 g/mol. The van der Waals surface area contributed by atoms with Gasteiger partial charge in [0.1, 0.15) is 5.75 Å². The number of hydrogen-bond donors (Lipinski definition) is 0. The largest absolute Gasteiger partial charge is 0.471 e. The van der Waals surface area contributed by atoms with Crippen LogP contribution in [0.1, 0.15) is 13.8 Å². The van der Waals surface area contributed by atoms with Gasteiger partial charge >= 0.3 is 5.97 Å². The number of rotatable bonds is 5. The van der Waals surface area contributed by atoms with E-state index in [2.05, 4.69) is 0 Å². The zero-order chi connectivity index (χ0) is 12.0. The van der Waals surface area contributed by atoms with Gasteiger partial charge in [-0.25, -0.2) is 4.79 Å². The van der Waals surface area contributed by atoms with Gasteiger partial charge in [0.2, 0.25) is 0 Å². The van der Waals surface area contributed by atoms with Crippen molar-refractivity contribution in [1.82, 2.24) is 0 Å². The summed E-state index contributed by atoms with van der Waals surface area (Å²) in [5.74, 6) is -0.558. The van der Waals surface area contributed by atoms with E-state index >= 15 is 0 Å². The van der Waals surface area contributed by atoms with Crippen LogP contribution >= 0.6 is 0 Å². The van der Waals surface area contributed by atoms with Crippen LogP contribution in [-0.4, -0.2) is 24.5 Å². The molecule has 1 rings (SSSR count). The molecule has 0 aliphatic rings. The third kappa shape index (κ3) is 3.38. The Balaban J connectivity index is 2.73. The molecular weight excluding hydrogens is 208 g/mol. The first-order valence-electron chi connectivity index (χ1n) is 5.04. The van der Waals surface area contributed by atoms with E-state index in [1.165, 1.54) is 6.92 Å². The van der Waals surface area contributed by atoms with Crippen molar-refractivity contribution in [2.24, 2.45) is 0 Å². The van der Waals surface area contributed by atoms with E-state index in [0.717, 1.165) is 0 Å². The van der Waals surface area contributed by atoms with Crippen molar-refractivity contribution in [1.29, 1.82) is 0 Å². The molecule has 86 valence electrons. The summed E-state index contributed by atoms with van der Waals surface area (Å²) < 4.78 is 10.0. The van der Waals surface area contributed by atoms with Crippen LogP contribution in [0, 0.1) is 0 Å². The summed E-state index contributed by atoms with van der Waals surface area (Å²) in [4.78, 5) is 22.7. The van der Waals surface area contributed by atoms with Crippen LogP contribution < -0.4 is 4.74 Å². The molecule has 0 spiro atoms. The van der Waals surface area contributed by atoms with E-state index in [1.807, 2.05) is 6.07 Å². The Morgan fingerprint density at radius 3 is 2.38 bits per heavy atom. The zero-order valence-corrected chi connectivity index (χ0v) is 9.30. The maximum absolute atomic E-state index is 11.4. The van der Waals surface area contributed by atoms with E-state index in [-0.39, 0.29) is 12.4 Å². The first kappa shape index (κ1) is 12.2. The molecule has 0 aromatic heterocycles. The molecule has 16 heavy (non-hydrogen) atoms. The van der Waals surface area contributed by atoms with Crippen molar-refractivity contribution in [3.63, 3.8) is 0 Å². The Morgan fingerprint density at radius 2 is 1.88 bits per heavy atom. The number of ketones is 1. The molecule has 0 radical (unpaired) electrons. The summed E-state index contributed by atoms with van der Waals surface area (Å²) >= 11 is 0. The molecule has 0 heterocycles. The predicted molar refractivity (Wildman–Crippen MR) is 58.2 cm³/mol. The number of carbonyl (C=O) groups is 2. The third-order valence-electron chi connectivity index (χ3n) is 1.87. The molecule has 1 aromatic carbocycles. The number of hydrogen-bond acceptors (Lipinski definition) is 4. The molecule has 0 saturated heterocycles. The van der Waals surface area contributed by atoms with Crippen molar-refractivity contribution in [3.05, 3.63) is 30.3 Å². The first-order valence-corrected chi connectivity index (χ1v) is 5.04. The van der Waals surface area contributed by atoms with Gasteiger partial charge < -0.3 is 9.47 Å². The number of ether oxygens (including phenoxy) is 2. The maximum atomic E-state index is 11.4. The van der Waals surface area contributed by atoms with E-state index in [4.69, 9.17) is 9.47 Å². The second-order valence-corrected chi connectivity index (χ2v) is 3.17. The fourth-order valence-corrected chi connectivity index (χ4v) is 1.15. The molecule has 0 aliphatic carbocycles. The second kappa shape index (κ2) is 5.90. The number of esters is 1. The molecule has 1 unspecified atom stereocenters. The van der Waals surface area contributed by atoms with Gasteiger partial charge in [-0.1, -0.05) is 18.2 Å². The highest BCUT2D eigenvalue weighted by molar-refractivity contribution is 6.01. The van der Waals surface area contributed by atoms with Gasteiger partial charge in [-0.3, -0.25) is 4.79 Å². The first-order chi connectivity index (χ1) is 7.65. The van der Waals surface area contributed by atoms with Gasteiger partial charge in [-0.05, 0) is 26.0 Å². The fraction of sp³-hybridized carbons (Fsp3) is 0.333. The van der Waals surface area contributed by atoms with Crippen molar-refractivity contribution in [3.8, 4) is 5.75 Å². The van der Waals surface area contributed by atoms with Gasteiger partial charge in [-0.15, -0.1) is 0 Å². The van der Waals surface area contributed by atoms with Crippen molar-refractivity contribution < 1.29 is 19.1 Å². The maximum Gasteiger partial charge on any atom is 0.355 e. The van der Waals surface area contributed by atoms with Crippen molar-refractivity contribution >= 4 is 11.8 Å². The molecule has 4 heteroatoms. The summed E-state index contributed by atoms with van der Waals surface area (Å²) in [6.45, 7) is 3.20. The van der Waals surface area contributed by atoms with E-state index in [1.54, 1.807) is 31.2 Å². The summed E-state index contributed by atoms with van der Waals surface area (Å²) in [7, 11) is 0. The molecule has 1 atom stereocenters. The number of benzene rings is 1. The van der Waals surface area contributed by atoms with E-state index < -0.39 is 12.1 Å². The highest BCUT2D eigenvalue weighted by Crippen LogP contribution is 2.12. The lowest BCUT2D eigenvalue weighted by atomic mass is 10.2. The van der Waals surface area contributed by atoms with E-state index in [0.29, 0.717) is 5.75 Å². The van der Waals surface area contributed by atoms with Gasteiger partial charge in [0.15, 0.2) is 5.78 Å². The van der Waals surface area contributed by atoms with Crippen LogP contribution in [0.15, 0.2) is 30.3 Å². The smallest absolute Gasteiger partial charge is 0.355 e. The Labute approximate surface area is 94.2 Å². The zero-order valence-electron chi connectivity index (χ0n) is 9.30. The Kier molecular flexibility index (Phi) is 4.51. The second-order valence-electron chi connectivity index (χ2n) is 3.17. The Morgan fingerprint density at radius 1 is 1.25 bits per heavy atom. The van der Waals surface area contributed by atoms with Gasteiger partial charge in [-0.2, -0.15) is 0 Å². The minimum absolute atomic E-state index is 0.223. The fourth-order valence-electron chi connectivity index (χ4n) is 1.15. The summed E-state index contributed by atoms with van der Waals surface area (Å²) in [6, 6.07) is 8.69. The molecular formula is C12H14O4. The van der Waals surface area contributed by atoms with Crippen LogP contribution in [0.4, 0.5) is 0 Å². The quantitative estimate of drug-likeness (QED) is 0.560. The number of para-hydroxylation sites is 1. The van der Waals surface area contributed by atoms with Crippen LogP contribution in [0.25, 0.3) is 0 Å². The number of carbonyl (C=O) groups excluding carboxylic acids is 2. The van der Waals surface area contributed by atoms with Crippen LogP contribution in [-0.2, 0) is 14.3 Å². The summed E-state index contributed by atoms with van der Waals surface area (Å²) in [6.07, 6.45) is -1.18. The van der Waals surface area contributed by atoms with Crippen molar-refractivity contribution in [2.45, 2.75) is 20.0 Å². The third-order valence-corrected chi connectivity index (χ3v) is 1.87. The van der Waals surface area contributed by atoms with Crippen LogP contribution in [0.2, 0.25) is 0 Å². The summed E-state index contributed by atoms with van der Waals surface area (Å²) in [5.41, 5.74) is 0. The van der Waals surface area contributed by atoms with Crippen LogP contribution in [0.3, 0.4) is 0 Å². The average Bonchev–Trinajstić information content (AvgIpc) is 2.27. The van der Waals surface area contributed by atoms with Gasteiger partial charge in [0.25, 0.3) is 6.10 Å². The van der Waals surface area contributed by atoms with Crippen molar-refractivity contribution in [2.75, 3.05) is 6.61 Å². The molecule has 0 N–H and O–H groups in total. The Bertz CT molecular complexity index is 359. The highest BCUT2D eigenvalue weighted by Gasteiger charge is 2.26. The van der Waals surface area contributed by atoms with Gasteiger partial charge in [0.05, 0.1) is 6.61 Å². The normalized spacial score (nSPS) is 11.6. The molecule has 0 saturated carbocycles. The molecule has 0 fully saturated rings. The lowest BCUT2D eigenvalue weighted by Gasteiger charge is -2.14. The standard InChI is InChI=1S/C12H14O4/c1-3-15-12(14)11(9(2)13)16-10-7-5-4-6-8-10/h4-8,11H,3H2,1-2H3. The molecule has 1 aromatic rings. The molecule has 0 aliphatic heterocycles. The SMILES string of the molecule is CCOC(=O)C(Oc1ccccc1)C(C)=O. The van der Waals surface area contributed by atoms with Crippen LogP contribution in [0.5, 0.6) is 5.75 Å². The van der Waals surface area contributed by atoms with E-state index in [9.17, 15) is 9.59 Å². The number of Topliss-reactive ketones (excluding diaryl/α,β-unsaturated/α-hetero) is 1. The highest BCUT2D eigenvalue weighted by atomic mass is 16.6. The summed E-state index contributed by atoms with van der Waals surface area (Å²) in [5, 5.41) is 0. The Hall–Kier alpha value is -1.84. The van der Waals surface area contributed by atoms with Gasteiger partial charge in [0, 0.05) is 0 Å². The monoisotopic (exact) mass is 222 g/mol. The molecule has 4 nitrogen and oxygen atoms in total. The predicted octanol–water partition coefficient (Wildman–Crippen LogP) is 1.59. The lowest BCUT2D eigenvalue weighted by molar-refractivity contribution is -0.154.